The van der Waals surface area contributed by atoms with Crippen LogP contribution in [-0.2, 0) is 6.42 Å². The van der Waals surface area contributed by atoms with Crippen LogP contribution in [0.15, 0.2) is 34.9 Å². The molecule has 19 heavy (non-hydrogen) atoms. The zero-order valence-electron chi connectivity index (χ0n) is 10.7. The maximum Gasteiger partial charge on any atom is 0.239 e. The van der Waals surface area contributed by atoms with E-state index >= 15 is 0 Å². The maximum atomic E-state index is 5.29. The highest BCUT2D eigenvalue weighted by atomic mass is 79.9. The molecule has 1 heterocycles. The highest BCUT2D eigenvalue weighted by Crippen LogP contribution is 2.19. The molecule has 6 heteroatoms. The summed E-state index contributed by atoms with van der Waals surface area (Å²) in [5.74, 6) is 6.41. The minimum atomic E-state index is 0.390. The molecule has 0 amide bonds. The number of rotatable bonds is 5. The number of hydrogen-bond acceptors (Lipinski definition) is 5. The SMILES string of the molecule is Cc1cccc(CCNc2nc(NN)ncc2Br)c1. The fraction of sp³-hybridized carbons (Fsp3) is 0.231. The van der Waals surface area contributed by atoms with Gasteiger partial charge >= 0.3 is 0 Å². The molecule has 0 radical (unpaired) electrons. The van der Waals surface area contributed by atoms with E-state index in [1.54, 1.807) is 6.20 Å². The molecule has 1 aromatic heterocycles. The molecule has 100 valence electrons. The number of anilines is 2. The molecule has 5 nitrogen and oxygen atoms in total. The van der Waals surface area contributed by atoms with E-state index in [9.17, 15) is 0 Å². The van der Waals surface area contributed by atoms with Gasteiger partial charge in [0, 0.05) is 12.7 Å². The van der Waals surface area contributed by atoms with Crippen LogP contribution < -0.4 is 16.6 Å². The van der Waals surface area contributed by atoms with Crippen LogP contribution in [0.25, 0.3) is 0 Å². The Hall–Kier alpha value is -1.66. The standard InChI is InChI=1S/C13H16BrN5/c1-9-3-2-4-10(7-9)5-6-16-12-11(14)8-17-13(18-12)19-15/h2-4,7-8H,5-6,15H2,1H3,(H2,16,17,18,19). The van der Waals surface area contributed by atoms with E-state index in [1.807, 2.05) is 0 Å². The molecule has 2 aromatic rings. The minimum absolute atomic E-state index is 0.390. The van der Waals surface area contributed by atoms with Crippen molar-refractivity contribution in [3.63, 3.8) is 0 Å². The number of benzene rings is 1. The van der Waals surface area contributed by atoms with Crippen molar-refractivity contribution in [3.05, 3.63) is 46.1 Å². The highest BCUT2D eigenvalue weighted by molar-refractivity contribution is 9.10. The number of nitrogens with zero attached hydrogens (tertiary/aromatic N) is 2. The molecular formula is C13H16BrN5. The summed E-state index contributed by atoms with van der Waals surface area (Å²) in [6, 6.07) is 8.47. The molecule has 2 rings (SSSR count). The second-order valence-corrected chi connectivity index (χ2v) is 5.05. The van der Waals surface area contributed by atoms with Gasteiger partial charge in [-0.25, -0.2) is 10.8 Å². The van der Waals surface area contributed by atoms with Crippen molar-refractivity contribution in [2.24, 2.45) is 5.84 Å². The first kappa shape index (κ1) is 13.8. The van der Waals surface area contributed by atoms with Gasteiger partial charge in [0.25, 0.3) is 0 Å². The fourth-order valence-corrected chi connectivity index (χ4v) is 2.08. The number of halogens is 1. The lowest BCUT2D eigenvalue weighted by Gasteiger charge is -2.09. The summed E-state index contributed by atoms with van der Waals surface area (Å²) in [6.07, 6.45) is 2.60. The Kier molecular flexibility index (Phi) is 4.70. The summed E-state index contributed by atoms with van der Waals surface area (Å²) < 4.78 is 0.816. The number of nitrogens with one attached hydrogen (secondary N) is 2. The smallest absolute Gasteiger partial charge is 0.239 e. The van der Waals surface area contributed by atoms with Crippen LogP contribution >= 0.6 is 15.9 Å². The van der Waals surface area contributed by atoms with Gasteiger partial charge in [-0.1, -0.05) is 29.8 Å². The first-order valence-electron chi connectivity index (χ1n) is 5.97. The maximum absolute atomic E-state index is 5.29. The highest BCUT2D eigenvalue weighted by Gasteiger charge is 2.03. The lowest BCUT2D eigenvalue weighted by atomic mass is 10.1. The Bertz CT molecular complexity index is 558. The van der Waals surface area contributed by atoms with Crippen molar-refractivity contribution in [2.75, 3.05) is 17.3 Å². The Morgan fingerprint density at radius 3 is 2.95 bits per heavy atom. The predicted octanol–water partition coefficient (Wildman–Crippen LogP) is 2.49. The van der Waals surface area contributed by atoms with E-state index in [-0.39, 0.29) is 0 Å². The van der Waals surface area contributed by atoms with Crippen molar-refractivity contribution in [1.29, 1.82) is 0 Å². The normalized spacial score (nSPS) is 10.3. The van der Waals surface area contributed by atoms with Gasteiger partial charge in [-0.2, -0.15) is 4.98 Å². The van der Waals surface area contributed by atoms with Gasteiger partial charge in [0.2, 0.25) is 5.95 Å². The summed E-state index contributed by atoms with van der Waals surface area (Å²) in [6.45, 7) is 2.89. The molecule has 0 aliphatic carbocycles. The third-order valence-electron chi connectivity index (χ3n) is 2.66. The van der Waals surface area contributed by atoms with Crippen LogP contribution in [0.3, 0.4) is 0 Å². The molecule has 0 aliphatic rings. The Labute approximate surface area is 120 Å². The Balaban J connectivity index is 1.95. The van der Waals surface area contributed by atoms with Gasteiger partial charge in [-0.05, 0) is 34.8 Å². The van der Waals surface area contributed by atoms with Gasteiger partial charge in [0.1, 0.15) is 5.82 Å². The van der Waals surface area contributed by atoms with Gasteiger partial charge in [0.05, 0.1) is 4.47 Å². The Morgan fingerprint density at radius 2 is 2.21 bits per heavy atom. The minimum Gasteiger partial charge on any atom is -0.369 e. The van der Waals surface area contributed by atoms with Gasteiger partial charge in [-0.3, -0.25) is 5.43 Å². The molecule has 0 spiro atoms. The number of aromatic nitrogens is 2. The van der Waals surface area contributed by atoms with Crippen molar-refractivity contribution >= 4 is 27.7 Å². The van der Waals surface area contributed by atoms with E-state index in [0.29, 0.717) is 5.95 Å². The van der Waals surface area contributed by atoms with E-state index in [0.717, 1.165) is 23.3 Å². The summed E-state index contributed by atoms with van der Waals surface area (Å²) in [5, 5.41) is 3.26. The van der Waals surface area contributed by atoms with Crippen molar-refractivity contribution in [3.8, 4) is 0 Å². The van der Waals surface area contributed by atoms with Crippen LogP contribution in [0, 0.1) is 6.92 Å². The topological polar surface area (TPSA) is 75.9 Å². The third-order valence-corrected chi connectivity index (χ3v) is 3.24. The second-order valence-electron chi connectivity index (χ2n) is 4.20. The lowest BCUT2D eigenvalue weighted by molar-refractivity contribution is 0.991. The van der Waals surface area contributed by atoms with Crippen LogP contribution in [0.2, 0.25) is 0 Å². The molecule has 0 saturated heterocycles. The molecule has 0 unspecified atom stereocenters. The monoisotopic (exact) mass is 321 g/mol. The molecule has 0 fully saturated rings. The largest absolute Gasteiger partial charge is 0.369 e. The molecule has 0 aliphatic heterocycles. The number of hydrazine groups is 1. The molecule has 0 atom stereocenters. The summed E-state index contributed by atoms with van der Waals surface area (Å²) in [7, 11) is 0. The van der Waals surface area contributed by atoms with E-state index in [1.165, 1.54) is 11.1 Å². The summed E-state index contributed by atoms with van der Waals surface area (Å²) >= 11 is 3.40. The fourth-order valence-electron chi connectivity index (χ4n) is 1.75. The van der Waals surface area contributed by atoms with Gasteiger partial charge < -0.3 is 5.32 Å². The average Bonchev–Trinajstić information content (AvgIpc) is 2.41. The van der Waals surface area contributed by atoms with Crippen LogP contribution in [0.5, 0.6) is 0 Å². The Morgan fingerprint density at radius 1 is 1.37 bits per heavy atom. The first-order chi connectivity index (χ1) is 9.19. The molecule has 0 bridgehead atoms. The zero-order chi connectivity index (χ0) is 13.7. The lowest BCUT2D eigenvalue weighted by Crippen LogP contribution is -2.13. The van der Waals surface area contributed by atoms with Crippen molar-refractivity contribution < 1.29 is 0 Å². The van der Waals surface area contributed by atoms with E-state index in [4.69, 9.17) is 5.84 Å². The average molecular weight is 322 g/mol. The van der Waals surface area contributed by atoms with E-state index < -0.39 is 0 Å². The quantitative estimate of drug-likeness (QED) is 0.582. The molecule has 4 N–H and O–H groups in total. The zero-order valence-corrected chi connectivity index (χ0v) is 12.2. The summed E-state index contributed by atoms with van der Waals surface area (Å²) in [5.41, 5.74) is 5.00. The van der Waals surface area contributed by atoms with E-state index in [2.05, 4.69) is 67.8 Å². The number of nitrogen functional groups attached to an aromatic ring is 1. The first-order valence-corrected chi connectivity index (χ1v) is 6.77. The predicted molar refractivity (Wildman–Crippen MR) is 80.9 cm³/mol. The number of nitrogens with two attached hydrogens (primary N) is 1. The third kappa shape index (κ3) is 3.90. The molecule has 1 aromatic carbocycles. The van der Waals surface area contributed by atoms with Crippen molar-refractivity contribution in [2.45, 2.75) is 13.3 Å². The molecule has 0 saturated carbocycles. The number of hydrogen-bond donors (Lipinski definition) is 3. The summed E-state index contributed by atoms with van der Waals surface area (Å²) in [4.78, 5) is 8.24. The number of aryl methyl sites for hydroxylation is 1. The van der Waals surface area contributed by atoms with Gasteiger partial charge in [-0.15, -0.1) is 0 Å². The van der Waals surface area contributed by atoms with Gasteiger partial charge in [0.15, 0.2) is 0 Å². The molecular weight excluding hydrogens is 306 g/mol. The van der Waals surface area contributed by atoms with Crippen molar-refractivity contribution in [1.82, 2.24) is 9.97 Å². The second kappa shape index (κ2) is 6.49. The van der Waals surface area contributed by atoms with Crippen LogP contribution in [-0.4, -0.2) is 16.5 Å². The van der Waals surface area contributed by atoms with Crippen LogP contribution in [0.1, 0.15) is 11.1 Å². The van der Waals surface area contributed by atoms with Crippen LogP contribution in [0.4, 0.5) is 11.8 Å².